The zero-order valence-electron chi connectivity index (χ0n) is 24.7. The van der Waals surface area contributed by atoms with E-state index in [1.165, 1.54) is 19.3 Å². The van der Waals surface area contributed by atoms with Crippen LogP contribution < -0.4 is 0 Å². The molecule has 0 spiro atoms. The molecule has 1 heterocycles. The van der Waals surface area contributed by atoms with Gasteiger partial charge in [0, 0.05) is 12.2 Å². The van der Waals surface area contributed by atoms with Gasteiger partial charge in [-0.25, -0.2) is 4.79 Å². The predicted octanol–water partition coefficient (Wildman–Crippen LogP) is -0.750. The van der Waals surface area contributed by atoms with Gasteiger partial charge in [-0.15, -0.1) is 0 Å². The molecule has 15 heteroatoms. The van der Waals surface area contributed by atoms with Crippen LogP contribution in [0.5, 0.6) is 0 Å². The van der Waals surface area contributed by atoms with Crippen LogP contribution in [0.2, 0.25) is 0 Å². The molecule has 0 aliphatic carbocycles. The molecule has 0 saturated heterocycles. The summed E-state index contributed by atoms with van der Waals surface area (Å²) in [6, 6.07) is 0. The second-order valence-electron chi connectivity index (χ2n) is 8.30. The third kappa shape index (κ3) is 23.5. The summed E-state index contributed by atoms with van der Waals surface area (Å²) < 4.78 is 58.1. The van der Waals surface area contributed by atoms with E-state index in [2.05, 4.69) is 4.74 Å². The predicted molar refractivity (Wildman–Crippen MR) is 146 cm³/mol. The van der Waals surface area contributed by atoms with Crippen molar-refractivity contribution >= 4 is 17.8 Å². The lowest BCUT2D eigenvalue weighted by Gasteiger charge is -2.13. The molecule has 1 aliphatic heterocycles. The third-order valence-electron chi connectivity index (χ3n) is 5.16. The van der Waals surface area contributed by atoms with Gasteiger partial charge in [-0.05, 0) is 0 Å². The van der Waals surface area contributed by atoms with E-state index in [0.717, 1.165) is 4.90 Å². The van der Waals surface area contributed by atoms with Crippen molar-refractivity contribution in [2.75, 3.05) is 146 Å². The van der Waals surface area contributed by atoms with Gasteiger partial charge in [0.2, 0.25) is 0 Å². The van der Waals surface area contributed by atoms with E-state index in [9.17, 15) is 14.4 Å². The van der Waals surface area contributed by atoms with Gasteiger partial charge >= 0.3 is 5.97 Å². The van der Waals surface area contributed by atoms with E-state index in [1.807, 2.05) is 0 Å². The molecule has 15 nitrogen and oxygen atoms in total. The van der Waals surface area contributed by atoms with Crippen molar-refractivity contribution in [1.82, 2.24) is 4.90 Å². The number of carbonyl (C=O) groups excluding carboxylic acids is 3. The van der Waals surface area contributed by atoms with Gasteiger partial charge in [0.1, 0.15) is 6.61 Å². The summed E-state index contributed by atoms with van der Waals surface area (Å²) in [5.74, 6) is -1.03. The van der Waals surface area contributed by atoms with Crippen LogP contribution in [0, 0.1) is 0 Å². The van der Waals surface area contributed by atoms with Gasteiger partial charge in [-0.3, -0.25) is 14.5 Å². The molecular formula is C27H47NO14. The lowest BCUT2D eigenvalue weighted by atomic mass is 10.5. The summed E-state index contributed by atoms with van der Waals surface area (Å²) in [5.41, 5.74) is 0. The molecule has 0 saturated carbocycles. The van der Waals surface area contributed by atoms with Crippen molar-refractivity contribution in [3.05, 3.63) is 12.2 Å². The number of carbonyl (C=O) groups is 3. The molecular weight excluding hydrogens is 562 g/mol. The van der Waals surface area contributed by atoms with E-state index in [-0.39, 0.29) is 31.6 Å². The van der Waals surface area contributed by atoms with E-state index in [1.54, 1.807) is 0 Å². The normalized spacial score (nSPS) is 13.0. The number of nitrogens with zero attached hydrogens (tertiary/aromatic N) is 1. The number of hydrogen-bond donors (Lipinski definition) is 0. The number of imide groups is 1. The largest absolute Gasteiger partial charge is 0.467 e. The maximum Gasteiger partial charge on any atom is 0.331 e. The highest BCUT2D eigenvalue weighted by Crippen LogP contribution is 2.02. The Kier molecular flexibility index (Phi) is 26.3. The van der Waals surface area contributed by atoms with Crippen molar-refractivity contribution < 1.29 is 66.5 Å². The van der Waals surface area contributed by atoms with Crippen LogP contribution in [-0.2, 0) is 66.5 Å². The minimum Gasteiger partial charge on any atom is -0.467 e. The molecule has 244 valence electrons. The number of methoxy groups -OCH3 is 1. The summed E-state index contributed by atoms with van der Waals surface area (Å²) in [7, 11) is 1.31. The van der Waals surface area contributed by atoms with Crippen LogP contribution in [0.15, 0.2) is 12.2 Å². The van der Waals surface area contributed by atoms with Crippen LogP contribution in [0.25, 0.3) is 0 Å². The smallest absolute Gasteiger partial charge is 0.331 e. The molecule has 0 aromatic heterocycles. The molecule has 0 aromatic carbocycles. The summed E-state index contributed by atoms with van der Waals surface area (Å²) in [6.07, 6.45) is 2.50. The molecule has 0 atom stereocenters. The summed E-state index contributed by atoms with van der Waals surface area (Å²) in [4.78, 5) is 34.7. The summed E-state index contributed by atoms with van der Waals surface area (Å²) in [5, 5.41) is 0. The zero-order chi connectivity index (χ0) is 30.4. The molecule has 2 amide bonds. The first-order valence-corrected chi connectivity index (χ1v) is 14.0. The maximum atomic E-state index is 11.4. The van der Waals surface area contributed by atoms with Crippen LogP contribution in [0.4, 0.5) is 0 Å². The fourth-order valence-electron chi connectivity index (χ4n) is 3.00. The fourth-order valence-corrected chi connectivity index (χ4v) is 3.00. The highest BCUT2D eigenvalue weighted by Gasteiger charge is 2.22. The van der Waals surface area contributed by atoms with Crippen molar-refractivity contribution in [1.29, 1.82) is 0 Å². The van der Waals surface area contributed by atoms with E-state index in [0.29, 0.717) is 119 Å². The molecule has 1 rings (SSSR count). The molecule has 0 bridgehead atoms. The summed E-state index contributed by atoms with van der Waals surface area (Å²) >= 11 is 0. The third-order valence-corrected chi connectivity index (χ3v) is 5.16. The molecule has 0 radical (unpaired) electrons. The SMILES string of the molecule is COC(=O)COCCOCCOCCOCCOCCOCCOCCOCCOCCOCCN1C(=O)C=CC1=O. The van der Waals surface area contributed by atoms with E-state index in [4.69, 9.17) is 47.4 Å². The molecule has 0 unspecified atom stereocenters. The molecule has 0 fully saturated rings. The molecule has 1 aliphatic rings. The Bertz CT molecular complexity index is 690. The highest BCUT2D eigenvalue weighted by molar-refractivity contribution is 6.12. The molecule has 0 N–H and O–H groups in total. The lowest BCUT2D eigenvalue weighted by molar-refractivity contribution is -0.146. The van der Waals surface area contributed by atoms with Gasteiger partial charge in [-0.1, -0.05) is 0 Å². The van der Waals surface area contributed by atoms with Gasteiger partial charge in [0.15, 0.2) is 0 Å². The van der Waals surface area contributed by atoms with Gasteiger partial charge in [-0.2, -0.15) is 0 Å². The van der Waals surface area contributed by atoms with Crippen molar-refractivity contribution in [3.63, 3.8) is 0 Å². The Morgan fingerprint density at radius 2 is 0.738 bits per heavy atom. The number of amides is 2. The van der Waals surface area contributed by atoms with Crippen molar-refractivity contribution in [2.45, 2.75) is 0 Å². The summed E-state index contributed by atoms with van der Waals surface area (Å²) in [6.45, 7) is 8.40. The van der Waals surface area contributed by atoms with Gasteiger partial charge < -0.3 is 52.1 Å². The van der Waals surface area contributed by atoms with Gasteiger partial charge in [0.05, 0.1) is 139 Å². The van der Waals surface area contributed by atoms with Crippen LogP contribution >= 0.6 is 0 Å². The topological polar surface area (TPSA) is 156 Å². The quantitative estimate of drug-likeness (QED) is 0.0533. The zero-order valence-corrected chi connectivity index (χ0v) is 24.7. The number of esters is 1. The first kappa shape index (κ1) is 38.0. The van der Waals surface area contributed by atoms with Crippen LogP contribution in [-0.4, -0.2) is 168 Å². The Balaban J connectivity index is 1.64. The number of ether oxygens (including phenoxy) is 11. The highest BCUT2D eigenvalue weighted by atomic mass is 16.6. The lowest BCUT2D eigenvalue weighted by Crippen LogP contribution is -2.33. The molecule has 42 heavy (non-hydrogen) atoms. The Morgan fingerprint density at radius 1 is 0.476 bits per heavy atom. The average Bonchev–Trinajstić information content (AvgIpc) is 3.32. The minimum absolute atomic E-state index is 0.0764. The van der Waals surface area contributed by atoms with Crippen LogP contribution in [0.1, 0.15) is 0 Å². The minimum atomic E-state index is -0.414. The number of rotatable bonds is 32. The van der Waals surface area contributed by atoms with Gasteiger partial charge in [0.25, 0.3) is 11.8 Å². The second-order valence-corrected chi connectivity index (χ2v) is 8.30. The standard InChI is InChI=1S/C27H47NO14/c1-32-27(31)24-42-23-22-41-21-20-40-19-18-39-17-16-38-15-14-37-13-12-36-11-10-35-9-8-34-7-6-33-5-4-28-25(29)2-3-26(28)30/h2-3H,4-24H2,1H3. The number of hydrogen-bond acceptors (Lipinski definition) is 14. The van der Waals surface area contributed by atoms with Crippen molar-refractivity contribution in [2.24, 2.45) is 0 Å². The Morgan fingerprint density at radius 3 is 1.02 bits per heavy atom. The Hall–Kier alpha value is -2.05. The fraction of sp³-hybridized carbons (Fsp3) is 0.815. The first-order valence-electron chi connectivity index (χ1n) is 14.0. The second kappa shape index (κ2) is 29.0. The van der Waals surface area contributed by atoms with Crippen molar-refractivity contribution in [3.8, 4) is 0 Å². The Labute approximate surface area is 247 Å². The monoisotopic (exact) mass is 609 g/mol. The maximum absolute atomic E-state index is 11.4. The average molecular weight is 610 g/mol. The van der Waals surface area contributed by atoms with E-state index < -0.39 is 5.97 Å². The molecule has 0 aromatic rings. The van der Waals surface area contributed by atoms with Crippen LogP contribution in [0.3, 0.4) is 0 Å². The van der Waals surface area contributed by atoms with E-state index >= 15 is 0 Å². The first-order chi connectivity index (χ1) is 20.6.